The number of benzene rings is 1. The molecule has 0 atom stereocenters. The molecule has 142 valence electrons. The van der Waals surface area contributed by atoms with E-state index in [1.165, 1.54) is 18.1 Å². The number of nitrogens with one attached hydrogen (secondary N) is 1. The maximum absolute atomic E-state index is 13.7. The summed E-state index contributed by atoms with van der Waals surface area (Å²) in [5, 5.41) is 11.0. The molecule has 1 aliphatic carbocycles. The fourth-order valence-corrected chi connectivity index (χ4v) is 3.58. The first-order chi connectivity index (χ1) is 13.1. The third-order valence-electron chi connectivity index (χ3n) is 5.14. The van der Waals surface area contributed by atoms with Crippen LogP contribution in [0, 0.1) is 11.6 Å². The van der Waals surface area contributed by atoms with Crippen molar-refractivity contribution in [1.82, 2.24) is 15.1 Å². The summed E-state index contributed by atoms with van der Waals surface area (Å²) < 4.78 is 27.4. The van der Waals surface area contributed by atoms with Gasteiger partial charge in [-0.1, -0.05) is 6.07 Å². The molecule has 0 spiro atoms. The minimum atomic E-state index is -0.786. The molecule has 0 saturated carbocycles. The van der Waals surface area contributed by atoms with Crippen LogP contribution < -0.4 is 10.2 Å². The SMILES string of the molecule is O=C(Nc1c(F)cccc1F)N1CCN(c2cc3c(nn2)CCCC3)CC1. The van der Waals surface area contributed by atoms with Gasteiger partial charge < -0.3 is 15.1 Å². The monoisotopic (exact) mass is 373 g/mol. The number of piperazine rings is 1. The summed E-state index contributed by atoms with van der Waals surface area (Å²) in [5.41, 5.74) is 1.95. The Morgan fingerprint density at radius 3 is 2.44 bits per heavy atom. The van der Waals surface area contributed by atoms with Crippen molar-refractivity contribution in [2.24, 2.45) is 0 Å². The van der Waals surface area contributed by atoms with Crippen molar-refractivity contribution in [3.8, 4) is 0 Å². The van der Waals surface area contributed by atoms with Crippen molar-refractivity contribution < 1.29 is 13.6 Å². The van der Waals surface area contributed by atoms with E-state index >= 15 is 0 Å². The third kappa shape index (κ3) is 3.70. The number of anilines is 2. The van der Waals surface area contributed by atoms with Crippen molar-refractivity contribution in [3.63, 3.8) is 0 Å². The number of amides is 2. The fourth-order valence-electron chi connectivity index (χ4n) is 3.58. The van der Waals surface area contributed by atoms with Gasteiger partial charge >= 0.3 is 6.03 Å². The quantitative estimate of drug-likeness (QED) is 0.879. The number of aromatic nitrogens is 2. The highest BCUT2D eigenvalue weighted by Gasteiger charge is 2.24. The van der Waals surface area contributed by atoms with Gasteiger partial charge in [0.25, 0.3) is 0 Å². The molecule has 1 N–H and O–H groups in total. The van der Waals surface area contributed by atoms with Crippen LogP contribution in [0.15, 0.2) is 24.3 Å². The van der Waals surface area contributed by atoms with Gasteiger partial charge in [-0.25, -0.2) is 13.6 Å². The number of hydrogen-bond donors (Lipinski definition) is 1. The normalized spacial score (nSPS) is 16.8. The molecule has 2 amide bonds. The highest BCUT2D eigenvalue weighted by Crippen LogP contribution is 2.23. The number of carbonyl (C=O) groups excluding carboxylic acids is 1. The second-order valence-corrected chi connectivity index (χ2v) is 6.88. The van der Waals surface area contributed by atoms with Crippen LogP contribution in [0.4, 0.5) is 25.1 Å². The first kappa shape index (κ1) is 17.6. The van der Waals surface area contributed by atoms with Gasteiger partial charge in [0, 0.05) is 26.2 Å². The maximum Gasteiger partial charge on any atom is 0.322 e. The second kappa shape index (κ2) is 7.46. The van der Waals surface area contributed by atoms with E-state index in [0.29, 0.717) is 26.2 Å². The Morgan fingerprint density at radius 2 is 1.70 bits per heavy atom. The molecule has 2 heterocycles. The van der Waals surface area contributed by atoms with Crippen LogP contribution in [0.3, 0.4) is 0 Å². The Hall–Kier alpha value is -2.77. The summed E-state index contributed by atoms with van der Waals surface area (Å²) >= 11 is 0. The molecule has 1 aliphatic heterocycles. The zero-order chi connectivity index (χ0) is 18.8. The van der Waals surface area contributed by atoms with Crippen LogP contribution in [0.5, 0.6) is 0 Å². The Kier molecular flexibility index (Phi) is 4.87. The molecule has 6 nitrogen and oxygen atoms in total. The van der Waals surface area contributed by atoms with Gasteiger partial charge in [0.2, 0.25) is 0 Å². The minimum Gasteiger partial charge on any atom is -0.352 e. The van der Waals surface area contributed by atoms with Crippen molar-refractivity contribution in [1.29, 1.82) is 0 Å². The molecule has 1 aromatic carbocycles. The highest BCUT2D eigenvalue weighted by atomic mass is 19.1. The molecule has 0 radical (unpaired) electrons. The molecule has 1 saturated heterocycles. The second-order valence-electron chi connectivity index (χ2n) is 6.88. The standard InChI is InChI=1S/C19H21F2N5O/c20-14-5-3-6-15(21)18(14)22-19(27)26-10-8-25(9-11-26)17-12-13-4-1-2-7-16(13)23-24-17/h3,5-6,12H,1-2,4,7-11H2,(H,22,27). The van der Waals surface area contributed by atoms with Crippen molar-refractivity contribution >= 4 is 17.5 Å². The summed E-state index contributed by atoms with van der Waals surface area (Å²) in [4.78, 5) is 16.0. The molecule has 2 aliphatic rings. The lowest BCUT2D eigenvalue weighted by molar-refractivity contribution is 0.207. The van der Waals surface area contributed by atoms with E-state index < -0.39 is 23.4 Å². The third-order valence-corrected chi connectivity index (χ3v) is 5.14. The van der Waals surface area contributed by atoms with Crippen molar-refractivity contribution in [2.45, 2.75) is 25.7 Å². The summed E-state index contributed by atoms with van der Waals surface area (Å²) in [5.74, 6) is -0.742. The lowest BCUT2D eigenvalue weighted by Gasteiger charge is -2.35. The van der Waals surface area contributed by atoms with E-state index in [0.717, 1.165) is 42.9 Å². The van der Waals surface area contributed by atoms with Gasteiger partial charge in [-0.2, -0.15) is 5.10 Å². The van der Waals surface area contributed by atoms with Crippen LogP contribution in [0.1, 0.15) is 24.1 Å². The number of hydrogen-bond acceptors (Lipinski definition) is 4. The molecule has 8 heteroatoms. The van der Waals surface area contributed by atoms with Crippen LogP contribution >= 0.6 is 0 Å². The summed E-state index contributed by atoms with van der Waals surface area (Å²) in [6.45, 7) is 2.09. The largest absolute Gasteiger partial charge is 0.352 e. The number of halogens is 2. The van der Waals surface area contributed by atoms with E-state index in [2.05, 4.69) is 26.5 Å². The first-order valence-corrected chi connectivity index (χ1v) is 9.22. The molecule has 1 fully saturated rings. The average molecular weight is 373 g/mol. The Labute approximate surface area is 156 Å². The number of fused-ring (bicyclic) bond motifs is 1. The molecule has 27 heavy (non-hydrogen) atoms. The molecule has 2 aromatic rings. The number of rotatable bonds is 2. The van der Waals surface area contributed by atoms with E-state index in [9.17, 15) is 13.6 Å². The zero-order valence-corrected chi connectivity index (χ0v) is 14.9. The zero-order valence-electron chi connectivity index (χ0n) is 14.9. The number of urea groups is 1. The fraction of sp³-hybridized carbons (Fsp3) is 0.421. The van der Waals surface area contributed by atoms with Crippen LogP contribution in [0.25, 0.3) is 0 Å². The Morgan fingerprint density at radius 1 is 1.00 bits per heavy atom. The van der Waals surface area contributed by atoms with E-state index in [-0.39, 0.29) is 0 Å². The van der Waals surface area contributed by atoms with Gasteiger partial charge in [-0.15, -0.1) is 5.10 Å². The lowest BCUT2D eigenvalue weighted by Crippen LogP contribution is -2.50. The number of para-hydroxylation sites is 1. The highest BCUT2D eigenvalue weighted by molar-refractivity contribution is 5.89. The van der Waals surface area contributed by atoms with Gasteiger partial charge in [-0.3, -0.25) is 0 Å². The summed E-state index contributed by atoms with van der Waals surface area (Å²) in [6, 6.07) is 5.09. The maximum atomic E-state index is 13.7. The molecular weight excluding hydrogens is 352 g/mol. The average Bonchev–Trinajstić information content (AvgIpc) is 2.70. The van der Waals surface area contributed by atoms with Crippen LogP contribution in [-0.2, 0) is 12.8 Å². The number of carbonyl (C=O) groups is 1. The van der Waals surface area contributed by atoms with Crippen LogP contribution in [-0.4, -0.2) is 47.3 Å². The number of aryl methyl sites for hydroxylation is 2. The molecule has 0 unspecified atom stereocenters. The molecule has 0 bridgehead atoms. The van der Waals surface area contributed by atoms with E-state index in [4.69, 9.17) is 0 Å². The summed E-state index contributed by atoms with van der Waals surface area (Å²) in [6.07, 6.45) is 4.37. The van der Waals surface area contributed by atoms with Gasteiger partial charge in [0.1, 0.15) is 17.3 Å². The Balaban J connectivity index is 1.38. The van der Waals surface area contributed by atoms with E-state index in [1.807, 2.05) is 0 Å². The molecule has 4 rings (SSSR count). The first-order valence-electron chi connectivity index (χ1n) is 9.22. The van der Waals surface area contributed by atoms with E-state index in [1.54, 1.807) is 4.90 Å². The van der Waals surface area contributed by atoms with Gasteiger partial charge in [0.05, 0.1) is 5.69 Å². The van der Waals surface area contributed by atoms with Crippen LogP contribution in [0.2, 0.25) is 0 Å². The van der Waals surface area contributed by atoms with Gasteiger partial charge in [-0.05, 0) is 49.4 Å². The lowest BCUT2D eigenvalue weighted by atomic mass is 9.97. The Bertz CT molecular complexity index is 832. The van der Waals surface area contributed by atoms with Crippen molar-refractivity contribution in [3.05, 3.63) is 47.2 Å². The molecular formula is C19H21F2N5O. The summed E-state index contributed by atoms with van der Waals surface area (Å²) in [7, 11) is 0. The number of nitrogens with zero attached hydrogens (tertiary/aromatic N) is 4. The predicted molar refractivity (Wildman–Crippen MR) is 97.8 cm³/mol. The molecule has 1 aromatic heterocycles. The topological polar surface area (TPSA) is 61.4 Å². The van der Waals surface area contributed by atoms with Gasteiger partial charge in [0.15, 0.2) is 5.82 Å². The predicted octanol–water partition coefficient (Wildman–Crippen LogP) is 2.99. The smallest absolute Gasteiger partial charge is 0.322 e. The van der Waals surface area contributed by atoms with Crippen molar-refractivity contribution in [2.75, 3.05) is 36.4 Å². The minimum absolute atomic E-state index is 0.412.